The van der Waals surface area contributed by atoms with Crippen molar-refractivity contribution >= 4 is 22.9 Å². The molecular weight excluding hydrogens is 270 g/mol. The Hall–Kier alpha value is -2.14. The fourth-order valence-corrected chi connectivity index (χ4v) is 2.04. The summed E-state index contributed by atoms with van der Waals surface area (Å²) in [5.41, 5.74) is 8.38. The predicted octanol–water partition coefficient (Wildman–Crippen LogP) is 2.38. The minimum atomic E-state index is 0.303. The summed E-state index contributed by atoms with van der Waals surface area (Å²) in [7, 11) is 1.66. The summed E-state index contributed by atoms with van der Waals surface area (Å²) >= 11 is 4.98. The number of rotatable bonds is 6. The number of hydrogen-bond donors (Lipinski definition) is 2. The molecule has 0 saturated carbocycles. The molecule has 3 N–H and O–H groups in total. The van der Waals surface area contributed by atoms with Gasteiger partial charge in [-0.25, -0.2) is 0 Å². The van der Waals surface area contributed by atoms with Gasteiger partial charge in [-0.05, 0) is 36.2 Å². The van der Waals surface area contributed by atoms with Gasteiger partial charge < -0.3 is 15.8 Å². The van der Waals surface area contributed by atoms with Gasteiger partial charge in [-0.2, -0.15) is 0 Å². The molecule has 1 heterocycles. The van der Waals surface area contributed by atoms with E-state index in [2.05, 4.69) is 22.4 Å². The van der Waals surface area contributed by atoms with Gasteiger partial charge in [0.05, 0.1) is 12.8 Å². The van der Waals surface area contributed by atoms with E-state index in [9.17, 15) is 0 Å². The fourth-order valence-electron chi connectivity index (χ4n) is 1.88. The van der Waals surface area contributed by atoms with Crippen LogP contribution in [0.2, 0.25) is 0 Å². The van der Waals surface area contributed by atoms with Gasteiger partial charge in [0.2, 0.25) is 0 Å². The Morgan fingerprint density at radius 3 is 2.70 bits per heavy atom. The normalized spacial score (nSPS) is 10.1. The highest BCUT2D eigenvalue weighted by molar-refractivity contribution is 7.80. The van der Waals surface area contributed by atoms with Crippen LogP contribution in [0.15, 0.2) is 42.6 Å². The average Bonchev–Trinajstić information content (AvgIpc) is 2.48. The lowest BCUT2D eigenvalue weighted by molar-refractivity contribution is 0.414. The second-order valence-electron chi connectivity index (χ2n) is 4.29. The van der Waals surface area contributed by atoms with Crippen LogP contribution in [0.1, 0.15) is 11.3 Å². The smallest absolute Gasteiger partial charge is 0.124 e. The lowest BCUT2D eigenvalue weighted by atomic mass is 10.1. The van der Waals surface area contributed by atoms with Crippen molar-refractivity contribution < 1.29 is 4.74 Å². The van der Waals surface area contributed by atoms with E-state index in [0.717, 1.165) is 24.4 Å². The molecule has 0 aliphatic rings. The summed E-state index contributed by atoms with van der Waals surface area (Å²) in [5.74, 6) is 0.865. The SMILES string of the molecule is COc1ccc(CCNc2cccnc2C(N)=S)cc1. The lowest BCUT2D eigenvalue weighted by Gasteiger charge is -2.10. The standard InChI is InChI=1S/C15H17N3OS/c1-19-12-6-4-11(5-7-12)8-10-17-13-3-2-9-18-14(13)15(16)20/h2-7,9,17H,8,10H2,1H3,(H2,16,20). The van der Waals surface area contributed by atoms with Gasteiger partial charge in [-0.1, -0.05) is 24.4 Å². The molecule has 104 valence electrons. The lowest BCUT2D eigenvalue weighted by Crippen LogP contribution is -2.16. The molecule has 5 heteroatoms. The molecule has 0 amide bonds. The van der Waals surface area contributed by atoms with Gasteiger partial charge in [-0.3, -0.25) is 4.98 Å². The van der Waals surface area contributed by atoms with E-state index in [4.69, 9.17) is 22.7 Å². The van der Waals surface area contributed by atoms with Crippen LogP contribution in [0.25, 0.3) is 0 Å². The van der Waals surface area contributed by atoms with Crippen LogP contribution in [0, 0.1) is 0 Å². The molecule has 0 radical (unpaired) electrons. The molecule has 2 rings (SSSR count). The quantitative estimate of drug-likeness (QED) is 0.799. The first kappa shape index (κ1) is 14.3. The Labute approximate surface area is 124 Å². The Morgan fingerprint density at radius 1 is 1.30 bits per heavy atom. The number of nitrogens with zero attached hydrogens (tertiary/aromatic N) is 1. The molecule has 0 atom stereocenters. The number of anilines is 1. The summed E-state index contributed by atoms with van der Waals surface area (Å²) < 4.78 is 5.13. The minimum Gasteiger partial charge on any atom is -0.497 e. The van der Waals surface area contributed by atoms with Crippen molar-refractivity contribution in [2.24, 2.45) is 5.73 Å². The molecule has 4 nitrogen and oxygen atoms in total. The zero-order valence-corrected chi connectivity index (χ0v) is 12.1. The highest BCUT2D eigenvalue weighted by Gasteiger charge is 2.05. The molecule has 0 aliphatic carbocycles. The van der Waals surface area contributed by atoms with E-state index in [0.29, 0.717) is 10.7 Å². The third-order valence-electron chi connectivity index (χ3n) is 2.93. The van der Waals surface area contributed by atoms with E-state index in [1.165, 1.54) is 5.56 Å². The van der Waals surface area contributed by atoms with Crippen LogP contribution < -0.4 is 15.8 Å². The molecule has 0 bridgehead atoms. The zero-order chi connectivity index (χ0) is 14.4. The maximum absolute atomic E-state index is 5.64. The van der Waals surface area contributed by atoms with Crippen molar-refractivity contribution in [2.45, 2.75) is 6.42 Å². The van der Waals surface area contributed by atoms with Crippen LogP contribution in [-0.2, 0) is 6.42 Å². The van der Waals surface area contributed by atoms with Gasteiger partial charge >= 0.3 is 0 Å². The van der Waals surface area contributed by atoms with Crippen molar-refractivity contribution in [1.82, 2.24) is 4.98 Å². The van der Waals surface area contributed by atoms with Crippen molar-refractivity contribution in [3.63, 3.8) is 0 Å². The summed E-state index contributed by atoms with van der Waals surface area (Å²) in [5, 5.41) is 3.31. The van der Waals surface area contributed by atoms with Crippen molar-refractivity contribution in [3.05, 3.63) is 53.9 Å². The van der Waals surface area contributed by atoms with Gasteiger partial charge in [-0.15, -0.1) is 0 Å². The van der Waals surface area contributed by atoms with Crippen molar-refractivity contribution in [3.8, 4) is 5.75 Å². The predicted molar refractivity (Wildman–Crippen MR) is 85.3 cm³/mol. The first-order chi connectivity index (χ1) is 9.70. The Bertz CT molecular complexity index is 584. The van der Waals surface area contributed by atoms with Gasteiger partial charge in [0.15, 0.2) is 0 Å². The minimum absolute atomic E-state index is 0.303. The number of ether oxygens (including phenoxy) is 1. The van der Waals surface area contributed by atoms with E-state index < -0.39 is 0 Å². The van der Waals surface area contributed by atoms with Gasteiger partial charge in [0, 0.05) is 12.7 Å². The molecule has 1 aromatic carbocycles. The fraction of sp³-hybridized carbons (Fsp3) is 0.200. The molecular formula is C15H17N3OS. The average molecular weight is 287 g/mol. The number of hydrogen-bond acceptors (Lipinski definition) is 4. The number of pyridine rings is 1. The number of aromatic nitrogens is 1. The summed E-state index contributed by atoms with van der Waals surface area (Å²) in [4.78, 5) is 4.48. The van der Waals surface area contributed by atoms with E-state index in [1.54, 1.807) is 13.3 Å². The van der Waals surface area contributed by atoms with Gasteiger partial charge in [0.1, 0.15) is 16.4 Å². The molecule has 0 aliphatic heterocycles. The zero-order valence-electron chi connectivity index (χ0n) is 11.3. The largest absolute Gasteiger partial charge is 0.497 e. The highest BCUT2D eigenvalue weighted by Crippen LogP contribution is 2.14. The van der Waals surface area contributed by atoms with Crippen molar-refractivity contribution in [1.29, 1.82) is 0 Å². The number of thiocarbonyl (C=S) groups is 1. The van der Waals surface area contributed by atoms with Crippen LogP contribution in [-0.4, -0.2) is 23.6 Å². The van der Waals surface area contributed by atoms with Crippen LogP contribution in [0.5, 0.6) is 5.75 Å². The van der Waals surface area contributed by atoms with Gasteiger partial charge in [0.25, 0.3) is 0 Å². The molecule has 1 aromatic heterocycles. The highest BCUT2D eigenvalue weighted by atomic mass is 32.1. The second kappa shape index (κ2) is 6.86. The number of nitrogens with two attached hydrogens (primary N) is 1. The maximum Gasteiger partial charge on any atom is 0.124 e. The molecule has 0 spiro atoms. The van der Waals surface area contributed by atoms with Crippen molar-refractivity contribution in [2.75, 3.05) is 19.0 Å². The van der Waals surface area contributed by atoms with E-state index >= 15 is 0 Å². The van der Waals surface area contributed by atoms with Crippen LogP contribution in [0.3, 0.4) is 0 Å². The maximum atomic E-state index is 5.64. The first-order valence-corrected chi connectivity index (χ1v) is 6.73. The van der Waals surface area contributed by atoms with Crippen LogP contribution >= 0.6 is 12.2 Å². The summed E-state index contributed by atoms with van der Waals surface area (Å²) in [6.45, 7) is 0.785. The van der Waals surface area contributed by atoms with Crippen LogP contribution in [0.4, 0.5) is 5.69 Å². The molecule has 2 aromatic rings. The third kappa shape index (κ3) is 3.68. The molecule has 0 unspecified atom stereocenters. The molecule has 0 fully saturated rings. The monoisotopic (exact) mass is 287 g/mol. The molecule has 0 saturated heterocycles. The second-order valence-corrected chi connectivity index (χ2v) is 4.73. The summed E-state index contributed by atoms with van der Waals surface area (Å²) in [6.07, 6.45) is 2.58. The number of methoxy groups -OCH3 is 1. The van der Waals surface area contributed by atoms with E-state index in [1.807, 2.05) is 24.3 Å². The first-order valence-electron chi connectivity index (χ1n) is 6.32. The Kier molecular flexibility index (Phi) is 4.90. The third-order valence-corrected chi connectivity index (χ3v) is 3.12. The van der Waals surface area contributed by atoms with E-state index in [-0.39, 0.29) is 0 Å². The number of benzene rings is 1. The number of nitrogens with one attached hydrogen (secondary N) is 1. The molecule has 20 heavy (non-hydrogen) atoms. The topological polar surface area (TPSA) is 60.2 Å². The Balaban J connectivity index is 1.94. The summed E-state index contributed by atoms with van der Waals surface area (Å²) in [6, 6.07) is 11.8. The Morgan fingerprint density at radius 2 is 2.05 bits per heavy atom.